The molecule has 1 aliphatic carbocycles. The summed E-state index contributed by atoms with van der Waals surface area (Å²) >= 11 is 0. The van der Waals surface area contributed by atoms with Crippen molar-refractivity contribution in [3.63, 3.8) is 0 Å². The average molecular weight is 303 g/mol. The molecule has 0 aromatic heterocycles. The van der Waals surface area contributed by atoms with E-state index in [-0.39, 0.29) is 0 Å². The first-order valence-electron chi connectivity index (χ1n) is 8.46. The summed E-state index contributed by atoms with van der Waals surface area (Å²) in [6.07, 6.45) is 5.16. The molecule has 4 nitrogen and oxygen atoms in total. The topological polar surface area (TPSA) is 30.9 Å². The van der Waals surface area contributed by atoms with Crippen molar-refractivity contribution >= 4 is 0 Å². The highest BCUT2D eigenvalue weighted by molar-refractivity contribution is 5.39. The highest BCUT2D eigenvalue weighted by Gasteiger charge is 2.37. The maximum Gasteiger partial charge on any atom is 0.122 e. The number of morpholine rings is 1. The third kappa shape index (κ3) is 2.75. The number of fused-ring (bicyclic) bond motifs is 2. The second kappa shape index (κ2) is 6.19. The second-order valence-electron chi connectivity index (χ2n) is 6.66. The smallest absolute Gasteiger partial charge is 0.122 e. The summed E-state index contributed by atoms with van der Waals surface area (Å²) in [5.41, 5.74) is 2.75. The molecule has 0 radical (unpaired) electrons. The minimum Gasteiger partial charge on any atom is -0.493 e. The minimum atomic E-state index is 0.387. The van der Waals surface area contributed by atoms with Gasteiger partial charge in [-0.25, -0.2) is 0 Å². The van der Waals surface area contributed by atoms with Gasteiger partial charge in [-0.05, 0) is 36.5 Å². The summed E-state index contributed by atoms with van der Waals surface area (Å²) in [7, 11) is 1.83. The molecule has 1 aromatic rings. The van der Waals surface area contributed by atoms with Crippen LogP contribution in [0, 0.1) is 0 Å². The first kappa shape index (κ1) is 14.5. The molecular weight excluding hydrogens is 278 g/mol. The normalized spacial score (nSPS) is 31.4. The Labute approximate surface area is 132 Å². The summed E-state index contributed by atoms with van der Waals surface area (Å²) < 4.78 is 17.2. The Hall–Kier alpha value is -1.10. The molecule has 1 saturated carbocycles. The van der Waals surface area contributed by atoms with Gasteiger partial charge >= 0.3 is 0 Å². The highest BCUT2D eigenvalue weighted by atomic mass is 16.5. The molecule has 3 atom stereocenters. The van der Waals surface area contributed by atoms with E-state index in [0.717, 1.165) is 57.7 Å². The Kier molecular flexibility index (Phi) is 4.07. The van der Waals surface area contributed by atoms with Crippen LogP contribution < -0.4 is 4.74 Å². The maximum absolute atomic E-state index is 6.00. The van der Waals surface area contributed by atoms with Crippen molar-refractivity contribution in [2.75, 3.05) is 26.9 Å². The average Bonchev–Trinajstić information content (AvgIpc) is 3.02. The van der Waals surface area contributed by atoms with Crippen molar-refractivity contribution in [2.24, 2.45) is 0 Å². The third-order valence-corrected chi connectivity index (χ3v) is 5.36. The lowest BCUT2D eigenvalue weighted by Gasteiger charge is -2.45. The maximum atomic E-state index is 6.00. The molecular formula is C18H25NO3. The molecule has 0 unspecified atom stereocenters. The fourth-order valence-corrected chi connectivity index (χ4v) is 4.13. The van der Waals surface area contributed by atoms with Crippen molar-refractivity contribution < 1.29 is 14.2 Å². The molecule has 0 amide bonds. The quantitative estimate of drug-likeness (QED) is 0.858. The summed E-state index contributed by atoms with van der Waals surface area (Å²) in [4.78, 5) is 2.59. The molecule has 4 heteroatoms. The van der Waals surface area contributed by atoms with Gasteiger partial charge in [-0.3, -0.25) is 4.90 Å². The van der Waals surface area contributed by atoms with E-state index in [4.69, 9.17) is 14.2 Å². The zero-order valence-corrected chi connectivity index (χ0v) is 13.3. The van der Waals surface area contributed by atoms with Crippen LogP contribution in [0.25, 0.3) is 0 Å². The zero-order valence-electron chi connectivity index (χ0n) is 13.3. The van der Waals surface area contributed by atoms with Gasteiger partial charge in [0.1, 0.15) is 5.75 Å². The number of benzene rings is 1. The van der Waals surface area contributed by atoms with Gasteiger partial charge in [0, 0.05) is 32.7 Å². The van der Waals surface area contributed by atoms with E-state index in [1.165, 1.54) is 11.1 Å². The van der Waals surface area contributed by atoms with Crippen molar-refractivity contribution in [1.82, 2.24) is 4.90 Å². The molecule has 22 heavy (non-hydrogen) atoms. The standard InChI is InChI=1S/C18H25NO3/c1-20-15-3-5-18-16(11-15)19(7-9-22-18)12-13-2-4-17-14(10-13)6-8-21-17/h2,4,10,15-16,18H,3,5-9,11-12H2,1H3/t15-,16+,18-/m1/s1. The number of ether oxygens (including phenoxy) is 3. The molecule has 2 heterocycles. The molecule has 4 rings (SSSR count). The van der Waals surface area contributed by atoms with E-state index >= 15 is 0 Å². The molecule has 0 bridgehead atoms. The number of nitrogens with zero attached hydrogens (tertiary/aromatic N) is 1. The SMILES string of the molecule is CO[C@@H]1CC[C@H]2OCCN(Cc3ccc4c(c3)CCO4)[C@H]2C1. The van der Waals surface area contributed by atoms with Gasteiger partial charge < -0.3 is 14.2 Å². The summed E-state index contributed by atoms with van der Waals surface area (Å²) in [6, 6.07) is 7.17. The fraction of sp³-hybridized carbons (Fsp3) is 0.667. The molecule has 1 saturated heterocycles. The van der Waals surface area contributed by atoms with Gasteiger partial charge in [-0.2, -0.15) is 0 Å². The van der Waals surface area contributed by atoms with Gasteiger partial charge in [0.05, 0.1) is 25.4 Å². The summed E-state index contributed by atoms with van der Waals surface area (Å²) in [5, 5.41) is 0. The first-order chi connectivity index (χ1) is 10.8. The van der Waals surface area contributed by atoms with E-state index in [0.29, 0.717) is 18.2 Å². The van der Waals surface area contributed by atoms with Crippen LogP contribution in [0.5, 0.6) is 5.75 Å². The first-order valence-corrected chi connectivity index (χ1v) is 8.46. The number of hydrogen-bond acceptors (Lipinski definition) is 4. The van der Waals surface area contributed by atoms with Crippen LogP contribution in [-0.2, 0) is 22.4 Å². The predicted octanol–water partition coefficient (Wildman–Crippen LogP) is 2.39. The monoisotopic (exact) mass is 303 g/mol. The van der Waals surface area contributed by atoms with Crippen molar-refractivity contribution in [1.29, 1.82) is 0 Å². The largest absolute Gasteiger partial charge is 0.493 e. The van der Waals surface area contributed by atoms with Crippen molar-refractivity contribution in [3.05, 3.63) is 29.3 Å². The lowest BCUT2D eigenvalue weighted by Crippen LogP contribution is -2.54. The van der Waals surface area contributed by atoms with Crippen LogP contribution in [-0.4, -0.2) is 50.0 Å². The van der Waals surface area contributed by atoms with E-state index in [9.17, 15) is 0 Å². The van der Waals surface area contributed by atoms with Gasteiger partial charge in [0.15, 0.2) is 0 Å². The van der Waals surface area contributed by atoms with E-state index < -0.39 is 0 Å². The molecule has 0 spiro atoms. The highest BCUT2D eigenvalue weighted by Crippen LogP contribution is 2.32. The fourth-order valence-electron chi connectivity index (χ4n) is 4.13. The number of hydrogen-bond donors (Lipinski definition) is 0. The summed E-state index contributed by atoms with van der Waals surface area (Å²) in [6.45, 7) is 3.71. The van der Waals surface area contributed by atoms with Gasteiger partial charge in [-0.1, -0.05) is 12.1 Å². The molecule has 0 N–H and O–H groups in total. The Bertz CT molecular complexity index is 533. The van der Waals surface area contributed by atoms with E-state index in [2.05, 4.69) is 23.1 Å². The summed E-state index contributed by atoms with van der Waals surface area (Å²) in [5.74, 6) is 1.07. The number of methoxy groups -OCH3 is 1. The second-order valence-corrected chi connectivity index (χ2v) is 6.66. The van der Waals surface area contributed by atoms with Crippen LogP contribution in [0.3, 0.4) is 0 Å². The predicted molar refractivity (Wildman–Crippen MR) is 84.2 cm³/mol. The van der Waals surface area contributed by atoms with Crippen LogP contribution in [0.15, 0.2) is 18.2 Å². The van der Waals surface area contributed by atoms with Crippen molar-refractivity contribution in [3.8, 4) is 5.75 Å². The lowest BCUT2D eigenvalue weighted by molar-refractivity contribution is -0.116. The molecule has 120 valence electrons. The lowest BCUT2D eigenvalue weighted by atomic mass is 9.87. The molecule has 2 aliphatic heterocycles. The minimum absolute atomic E-state index is 0.387. The van der Waals surface area contributed by atoms with Crippen LogP contribution in [0.4, 0.5) is 0 Å². The Morgan fingerprint density at radius 1 is 1.27 bits per heavy atom. The zero-order chi connectivity index (χ0) is 14.9. The Morgan fingerprint density at radius 2 is 2.23 bits per heavy atom. The molecule has 3 aliphatic rings. The van der Waals surface area contributed by atoms with Crippen LogP contribution in [0.1, 0.15) is 30.4 Å². The Balaban J connectivity index is 1.48. The van der Waals surface area contributed by atoms with Gasteiger partial charge in [0.2, 0.25) is 0 Å². The van der Waals surface area contributed by atoms with Gasteiger partial charge in [0.25, 0.3) is 0 Å². The van der Waals surface area contributed by atoms with Gasteiger partial charge in [-0.15, -0.1) is 0 Å². The van der Waals surface area contributed by atoms with Crippen LogP contribution in [0.2, 0.25) is 0 Å². The van der Waals surface area contributed by atoms with Crippen LogP contribution >= 0.6 is 0 Å². The Morgan fingerprint density at radius 3 is 3.14 bits per heavy atom. The number of rotatable bonds is 3. The van der Waals surface area contributed by atoms with Crippen molar-refractivity contribution in [2.45, 2.75) is 50.5 Å². The molecule has 1 aromatic carbocycles. The van der Waals surface area contributed by atoms with E-state index in [1.54, 1.807) is 0 Å². The van der Waals surface area contributed by atoms with E-state index in [1.807, 2.05) is 7.11 Å². The third-order valence-electron chi connectivity index (χ3n) is 5.36. The molecule has 2 fully saturated rings.